The van der Waals surface area contributed by atoms with Crippen LogP contribution in [0.3, 0.4) is 0 Å². The number of amides is 1. The molecule has 2 atom stereocenters. The molecule has 23 heavy (non-hydrogen) atoms. The van der Waals surface area contributed by atoms with Crippen LogP contribution < -0.4 is 5.32 Å². The molecule has 2 aromatic carbocycles. The van der Waals surface area contributed by atoms with Crippen LogP contribution in [-0.2, 0) is 14.3 Å². The molecule has 0 saturated heterocycles. The van der Waals surface area contributed by atoms with Gasteiger partial charge in [0.25, 0.3) is 0 Å². The Balaban J connectivity index is 2.04. The summed E-state index contributed by atoms with van der Waals surface area (Å²) in [6.45, 7) is 5.31. The van der Waals surface area contributed by atoms with Crippen LogP contribution in [-0.4, -0.2) is 24.8 Å². The van der Waals surface area contributed by atoms with Crippen molar-refractivity contribution in [2.24, 2.45) is 0 Å². The van der Waals surface area contributed by atoms with Gasteiger partial charge in [-0.2, -0.15) is 0 Å². The number of carbonyl (C=O) groups is 2. The second-order valence-corrected chi connectivity index (χ2v) is 5.23. The van der Waals surface area contributed by atoms with Gasteiger partial charge in [0.2, 0.25) is 0 Å². The van der Waals surface area contributed by atoms with E-state index < -0.39 is 18.2 Å². The van der Waals surface area contributed by atoms with Crippen molar-refractivity contribution in [1.29, 1.82) is 0 Å². The normalized spacial score (nSPS) is 13.2. The highest BCUT2D eigenvalue weighted by molar-refractivity contribution is 5.86. The maximum atomic E-state index is 11.9. The second-order valence-electron chi connectivity index (χ2n) is 5.23. The van der Waals surface area contributed by atoms with E-state index in [2.05, 4.69) is 5.32 Å². The number of hydrogen-bond acceptors (Lipinski definition) is 4. The molecule has 0 aliphatic carbocycles. The van der Waals surface area contributed by atoms with Gasteiger partial charge in [0, 0.05) is 0 Å². The fraction of sp³-hybridized carbons (Fsp3) is 0.333. The van der Waals surface area contributed by atoms with Crippen LogP contribution in [0.5, 0.6) is 0 Å². The predicted octanol–water partition coefficient (Wildman–Crippen LogP) is 3.58. The van der Waals surface area contributed by atoms with Crippen molar-refractivity contribution >= 4 is 22.8 Å². The summed E-state index contributed by atoms with van der Waals surface area (Å²) in [4.78, 5) is 23.4. The Morgan fingerprint density at radius 2 is 1.78 bits per heavy atom. The molecule has 0 fully saturated rings. The average Bonchev–Trinajstić information content (AvgIpc) is 2.54. The third-order valence-corrected chi connectivity index (χ3v) is 3.53. The van der Waals surface area contributed by atoms with E-state index in [1.54, 1.807) is 6.92 Å². The molecule has 0 spiro atoms. The van der Waals surface area contributed by atoms with Crippen molar-refractivity contribution in [1.82, 2.24) is 5.32 Å². The van der Waals surface area contributed by atoms with E-state index in [1.165, 1.54) is 6.92 Å². The minimum Gasteiger partial charge on any atom is -0.463 e. The van der Waals surface area contributed by atoms with Gasteiger partial charge in [0.05, 0.1) is 12.6 Å². The molecular formula is C18H21NO4. The Labute approximate surface area is 135 Å². The summed E-state index contributed by atoms with van der Waals surface area (Å²) >= 11 is 0. The standard InChI is InChI=1S/C18H21NO4/c1-4-22-17(20)13(3)23-18(21)19-12(2)15-11-7-9-14-8-5-6-10-16(14)15/h5-13H,4H2,1-3H3,(H,19,21)/t12-,13?/m1/s1. The van der Waals surface area contributed by atoms with E-state index in [4.69, 9.17) is 9.47 Å². The van der Waals surface area contributed by atoms with Crippen molar-refractivity contribution < 1.29 is 19.1 Å². The lowest BCUT2D eigenvalue weighted by Crippen LogP contribution is -2.34. The van der Waals surface area contributed by atoms with Crippen molar-refractivity contribution in [2.45, 2.75) is 32.9 Å². The molecular weight excluding hydrogens is 294 g/mol. The van der Waals surface area contributed by atoms with Crippen LogP contribution in [0.2, 0.25) is 0 Å². The van der Waals surface area contributed by atoms with Crippen LogP contribution in [0.1, 0.15) is 32.4 Å². The molecule has 1 amide bonds. The Morgan fingerprint density at radius 3 is 2.52 bits per heavy atom. The van der Waals surface area contributed by atoms with Crippen molar-refractivity contribution in [3.05, 3.63) is 48.0 Å². The summed E-state index contributed by atoms with van der Waals surface area (Å²) in [5, 5.41) is 4.92. The monoisotopic (exact) mass is 315 g/mol. The molecule has 0 radical (unpaired) electrons. The van der Waals surface area contributed by atoms with Crippen molar-refractivity contribution in [3.63, 3.8) is 0 Å². The van der Waals surface area contributed by atoms with Crippen LogP contribution in [0, 0.1) is 0 Å². The minimum absolute atomic E-state index is 0.247. The van der Waals surface area contributed by atoms with Gasteiger partial charge >= 0.3 is 12.1 Å². The molecule has 2 aromatic rings. The van der Waals surface area contributed by atoms with Crippen LogP contribution >= 0.6 is 0 Å². The minimum atomic E-state index is -0.935. The fourth-order valence-corrected chi connectivity index (χ4v) is 2.38. The number of rotatable bonds is 5. The molecule has 1 unspecified atom stereocenters. The lowest BCUT2D eigenvalue weighted by atomic mass is 10.00. The molecule has 0 bridgehead atoms. The van der Waals surface area contributed by atoms with Gasteiger partial charge in [-0.15, -0.1) is 0 Å². The number of alkyl carbamates (subject to hydrolysis) is 1. The number of benzene rings is 2. The summed E-state index contributed by atoms with van der Waals surface area (Å²) < 4.78 is 9.85. The van der Waals surface area contributed by atoms with Gasteiger partial charge in [0.15, 0.2) is 6.10 Å². The molecule has 0 aromatic heterocycles. The maximum Gasteiger partial charge on any atom is 0.408 e. The Morgan fingerprint density at radius 1 is 1.09 bits per heavy atom. The molecule has 5 heteroatoms. The molecule has 0 aliphatic rings. The fourth-order valence-electron chi connectivity index (χ4n) is 2.38. The molecule has 122 valence electrons. The smallest absolute Gasteiger partial charge is 0.408 e. The number of esters is 1. The predicted molar refractivity (Wildman–Crippen MR) is 88.1 cm³/mol. The highest BCUT2D eigenvalue weighted by Crippen LogP contribution is 2.24. The first-order valence-electron chi connectivity index (χ1n) is 7.64. The third kappa shape index (κ3) is 4.22. The Kier molecular flexibility index (Phi) is 5.57. The van der Waals surface area contributed by atoms with Crippen molar-refractivity contribution in [3.8, 4) is 0 Å². The number of nitrogens with one attached hydrogen (secondary N) is 1. The summed E-state index contributed by atoms with van der Waals surface area (Å²) in [5.74, 6) is -0.555. The lowest BCUT2D eigenvalue weighted by molar-refractivity contribution is -0.152. The highest BCUT2D eigenvalue weighted by Gasteiger charge is 2.20. The second kappa shape index (κ2) is 7.63. The Bertz CT molecular complexity index is 693. The third-order valence-electron chi connectivity index (χ3n) is 3.53. The quantitative estimate of drug-likeness (QED) is 0.857. The van der Waals surface area contributed by atoms with Crippen molar-refractivity contribution in [2.75, 3.05) is 6.61 Å². The van der Waals surface area contributed by atoms with E-state index in [0.717, 1.165) is 16.3 Å². The summed E-state index contributed by atoms with van der Waals surface area (Å²) in [5.41, 5.74) is 0.990. The topological polar surface area (TPSA) is 64.6 Å². The number of fused-ring (bicyclic) bond motifs is 1. The Hall–Kier alpha value is -2.56. The van der Waals surface area contributed by atoms with E-state index >= 15 is 0 Å². The number of hydrogen-bond donors (Lipinski definition) is 1. The van der Waals surface area contributed by atoms with Gasteiger partial charge in [-0.05, 0) is 37.1 Å². The van der Waals surface area contributed by atoms with Gasteiger partial charge in [-0.3, -0.25) is 0 Å². The van der Waals surface area contributed by atoms with Crippen LogP contribution in [0.4, 0.5) is 4.79 Å². The van der Waals surface area contributed by atoms with E-state index in [0.29, 0.717) is 0 Å². The largest absolute Gasteiger partial charge is 0.463 e. The highest BCUT2D eigenvalue weighted by atomic mass is 16.6. The van der Waals surface area contributed by atoms with Gasteiger partial charge < -0.3 is 14.8 Å². The first-order valence-corrected chi connectivity index (χ1v) is 7.64. The maximum absolute atomic E-state index is 11.9. The van der Waals surface area contributed by atoms with E-state index in [-0.39, 0.29) is 12.6 Å². The van der Waals surface area contributed by atoms with Crippen LogP contribution in [0.25, 0.3) is 10.8 Å². The zero-order valence-electron chi connectivity index (χ0n) is 13.5. The van der Waals surface area contributed by atoms with Gasteiger partial charge in [0.1, 0.15) is 0 Å². The first-order chi connectivity index (χ1) is 11.0. The molecule has 1 N–H and O–H groups in total. The summed E-state index contributed by atoms with van der Waals surface area (Å²) in [7, 11) is 0. The molecule has 0 heterocycles. The summed E-state index contributed by atoms with van der Waals surface area (Å²) in [6, 6.07) is 13.6. The first kappa shape index (κ1) is 16.8. The lowest BCUT2D eigenvalue weighted by Gasteiger charge is -2.18. The molecule has 5 nitrogen and oxygen atoms in total. The SMILES string of the molecule is CCOC(=O)C(C)OC(=O)N[C@H](C)c1cccc2ccccc12. The number of ether oxygens (including phenoxy) is 2. The number of carbonyl (C=O) groups excluding carboxylic acids is 2. The zero-order chi connectivity index (χ0) is 16.8. The van der Waals surface area contributed by atoms with Crippen LogP contribution in [0.15, 0.2) is 42.5 Å². The zero-order valence-corrected chi connectivity index (χ0v) is 13.5. The van der Waals surface area contributed by atoms with E-state index in [9.17, 15) is 9.59 Å². The molecule has 0 aliphatic heterocycles. The molecule has 2 rings (SSSR count). The van der Waals surface area contributed by atoms with E-state index in [1.807, 2.05) is 49.4 Å². The summed E-state index contributed by atoms with van der Waals surface area (Å²) in [6.07, 6.45) is -1.58. The average molecular weight is 315 g/mol. The van der Waals surface area contributed by atoms with Gasteiger partial charge in [-0.1, -0.05) is 42.5 Å². The van der Waals surface area contributed by atoms with Gasteiger partial charge in [-0.25, -0.2) is 9.59 Å². The molecule has 0 saturated carbocycles.